The van der Waals surface area contributed by atoms with Gasteiger partial charge in [0.25, 0.3) is 0 Å². The summed E-state index contributed by atoms with van der Waals surface area (Å²) in [5, 5.41) is 7.80. The first kappa shape index (κ1) is 18.6. The zero-order valence-electron chi connectivity index (χ0n) is 15.1. The maximum absolute atomic E-state index is 12.7. The van der Waals surface area contributed by atoms with Crippen LogP contribution in [0.3, 0.4) is 0 Å². The minimum absolute atomic E-state index is 0.336. The topological polar surface area (TPSA) is 73.0 Å². The summed E-state index contributed by atoms with van der Waals surface area (Å²) in [6.45, 7) is 3.98. The summed E-state index contributed by atoms with van der Waals surface area (Å²) in [6.07, 6.45) is 2.01. The molecule has 0 fully saturated rings. The Labute approximate surface area is 161 Å². The van der Waals surface area contributed by atoms with Crippen LogP contribution in [0.2, 0.25) is 5.02 Å². The predicted octanol–water partition coefficient (Wildman–Crippen LogP) is 3.61. The fourth-order valence-electron chi connectivity index (χ4n) is 2.51. The second-order valence-electron chi connectivity index (χ2n) is 5.90. The van der Waals surface area contributed by atoms with E-state index in [1.165, 1.54) is 4.90 Å². The van der Waals surface area contributed by atoms with Gasteiger partial charge in [0, 0.05) is 12.7 Å². The third-order valence-corrected chi connectivity index (χ3v) is 4.59. The molecular formula is C19H18ClN5O2. The van der Waals surface area contributed by atoms with Crippen LogP contribution in [0.4, 0.5) is 10.5 Å². The first-order valence-electron chi connectivity index (χ1n) is 8.25. The van der Waals surface area contributed by atoms with Crippen LogP contribution >= 0.6 is 11.6 Å². The van der Waals surface area contributed by atoms with E-state index < -0.39 is 11.7 Å². The standard InChI is InChI=1S/C19H18ClN5O2/c1-4-13(2)14-9-11-15(12-10-14)23(3)18(26)25-19(27)24(21-22-25)17-8-6-5-7-16(17)20/h4-12H,1-3H3/b13-4-. The number of hydrogen-bond acceptors (Lipinski definition) is 4. The maximum Gasteiger partial charge on any atom is 0.377 e. The molecule has 0 saturated heterocycles. The van der Waals surface area contributed by atoms with E-state index in [1.807, 2.05) is 44.2 Å². The molecule has 0 N–H and O–H groups in total. The van der Waals surface area contributed by atoms with Crippen LogP contribution < -0.4 is 10.6 Å². The summed E-state index contributed by atoms with van der Waals surface area (Å²) in [5.74, 6) is 0. The van der Waals surface area contributed by atoms with E-state index in [-0.39, 0.29) is 0 Å². The number of tetrazole rings is 1. The van der Waals surface area contributed by atoms with Crippen LogP contribution in [0.15, 0.2) is 59.4 Å². The highest BCUT2D eigenvalue weighted by atomic mass is 35.5. The fourth-order valence-corrected chi connectivity index (χ4v) is 2.72. The van der Waals surface area contributed by atoms with E-state index in [0.717, 1.165) is 15.8 Å². The number of aromatic nitrogens is 4. The molecule has 0 bridgehead atoms. The van der Waals surface area contributed by atoms with E-state index >= 15 is 0 Å². The molecule has 0 aliphatic heterocycles. The molecule has 8 heteroatoms. The number of amides is 1. The third kappa shape index (κ3) is 3.54. The summed E-state index contributed by atoms with van der Waals surface area (Å²) in [5.41, 5.74) is 2.49. The molecule has 2 aromatic carbocycles. The molecule has 7 nitrogen and oxygen atoms in total. The highest BCUT2D eigenvalue weighted by molar-refractivity contribution is 6.32. The number of para-hydroxylation sites is 1. The number of halogens is 1. The molecule has 138 valence electrons. The fraction of sp³-hybridized carbons (Fsp3) is 0.158. The Bertz CT molecular complexity index is 1070. The molecule has 0 unspecified atom stereocenters. The Morgan fingerprint density at radius 3 is 2.41 bits per heavy atom. The summed E-state index contributed by atoms with van der Waals surface area (Å²) in [7, 11) is 1.57. The summed E-state index contributed by atoms with van der Waals surface area (Å²) >= 11 is 6.09. The molecule has 27 heavy (non-hydrogen) atoms. The maximum atomic E-state index is 12.7. The monoisotopic (exact) mass is 383 g/mol. The second kappa shape index (κ2) is 7.59. The van der Waals surface area contributed by atoms with E-state index in [2.05, 4.69) is 10.4 Å². The lowest BCUT2D eigenvalue weighted by atomic mass is 10.1. The zero-order valence-corrected chi connectivity index (χ0v) is 15.9. The van der Waals surface area contributed by atoms with Crippen LogP contribution in [-0.2, 0) is 0 Å². The largest absolute Gasteiger partial charge is 0.377 e. The van der Waals surface area contributed by atoms with Crippen molar-refractivity contribution in [2.75, 3.05) is 11.9 Å². The Hall–Kier alpha value is -3.19. The van der Waals surface area contributed by atoms with Crippen molar-refractivity contribution in [1.29, 1.82) is 0 Å². The van der Waals surface area contributed by atoms with Crippen molar-refractivity contribution >= 4 is 28.9 Å². The molecule has 1 heterocycles. The van der Waals surface area contributed by atoms with Gasteiger partial charge in [0.1, 0.15) is 0 Å². The summed E-state index contributed by atoms with van der Waals surface area (Å²) < 4.78 is 1.70. The minimum atomic E-state index is -0.693. The van der Waals surface area contributed by atoms with Gasteiger partial charge in [-0.15, -0.1) is 4.68 Å². The number of allylic oxidation sites excluding steroid dienone is 2. The van der Waals surface area contributed by atoms with Crippen LogP contribution in [0.1, 0.15) is 19.4 Å². The van der Waals surface area contributed by atoms with E-state index in [4.69, 9.17) is 11.6 Å². The molecule has 0 radical (unpaired) electrons. The predicted molar refractivity (Wildman–Crippen MR) is 106 cm³/mol. The molecule has 0 atom stereocenters. The number of anilines is 1. The molecule has 3 aromatic rings. The van der Waals surface area contributed by atoms with Crippen molar-refractivity contribution in [2.24, 2.45) is 0 Å². The van der Waals surface area contributed by atoms with Gasteiger partial charge in [0.2, 0.25) is 0 Å². The molecule has 0 aliphatic carbocycles. The van der Waals surface area contributed by atoms with Crippen molar-refractivity contribution < 1.29 is 4.79 Å². The van der Waals surface area contributed by atoms with Crippen molar-refractivity contribution in [1.82, 2.24) is 19.8 Å². The number of carbonyl (C=O) groups excluding carboxylic acids is 1. The first-order chi connectivity index (χ1) is 12.9. The molecule has 0 aliphatic rings. The number of nitrogens with zero attached hydrogens (tertiary/aromatic N) is 5. The normalized spacial score (nSPS) is 11.5. The van der Waals surface area contributed by atoms with Gasteiger partial charge in [0.15, 0.2) is 0 Å². The van der Waals surface area contributed by atoms with Gasteiger partial charge in [-0.05, 0) is 59.7 Å². The number of rotatable bonds is 3. The van der Waals surface area contributed by atoms with Crippen molar-refractivity contribution in [2.45, 2.75) is 13.8 Å². The van der Waals surface area contributed by atoms with Gasteiger partial charge in [-0.1, -0.05) is 41.9 Å². The second-order valence-corrected chi connectivity index (χ2v) is 6.30. The minimum Gasteiger partial charge on any atom is -0.295 e. The van der Waals surface area contributed by atoms with Crippen LogP contribution in [0.25, 0.3) is 11.3 Å². The first-order valence-corrected chi connectivity index (χ1v) is 8.63. The van der Waals surface area contributed by atoms with Crippen molar-refractivity contribution in [3.8, 4) is 5.69 Å². The van der Waals surface area contributed by atoms with Crippen LogP contribution in [0, 0.1) is 0 Å². The number of hydrogen-bond donors (Lipinski definition) is 0. The highest BCUT2D eigenvalue weighted by Gasteiger charge is 2.20. The molecule has 0 saturated carbocycles. The molecule has 3 rings (SSSR count). The molecule has 0 spiro atoms. The van der Waals surface area contributed by atoms with Crippen molar-refractivity contribution in [3.63, 3.8) is 0 Å². The van der Waals surface area contributed by atoms with Gasteiger partial charge < -0.3 is 0 Å². The Morgan fingerprint density at radius 2 is 1.78 bits per heavy atom. The number of benzene rings is 2. The SMILES string of the molecule is C/C=C(/C)c1ccc(N(C)C(=O)n2nnn(-c3ccccc3Cl)c2=O)cc1. The van der Waals surface area contributed by atoms with Gasteiger partial charge >= 0.3 is 11.7 Å². The Morgan fingerprint density at radius 1 is 1.11 bits per heavy atom. The lowest BCUT2D eigenvalue weighted by molar-refractivity contribution is 0.245. The zero-order chi connectivity index (χ0) is 19.6. The molecular weight excluding hydrogens is 366 g/mol. The van der Waals surface area contributed by atoms with Crippen molar-refractivity contribution in [3.05, 3.63) is 75.7 Å². The average Bonchev–Trinajstić information content (AvgIpc) is 3.08. The van der Waals surface area contributed by atoms with Crippen LogP contribution in [0.5, 0.6) is 0 Å². The summed E-state index contributed by atoms with van der Waals surface area (Å²) in [4.78, 5) is 26.6. The van der Waals surface area contributed by atoms with Gasteiger partial charge in [-0.2, -0.15) is 4.68 Å². The van der Waals surface area contributed by atoms with E-state index in [9.17, 15) is 9.59 Å². The quantitative estimate of drug-likeness (QED) is 0.647. The molecule has 1 amide bonds. The lowest BCUT2D eigenvalue weighted by Crippen LogP contribution is -2.38. The smallest absolute Gasteiger partial charge is 0.295 e. The Kier molecular flexibility index (Phi) is 5.23. The Balaban J connectivity index is 1.90. The third-order valence-electron chi connectivity index (χ3n) is 4.27. The average molecular weight is 384 g/mol. The van der Waals surface area contributed by atoms with E-state index in [1.54, 1.807) is 31.3 Å². The van der Waals surface area contributed by atoms with Gasteiger partial charge in [-0.25, -0.2) is 9.59 Å². The molecule has 1 aromatic heterocycles. The highest BCUT2D eigenvalue weighted by Crippen LogP contribution is 2.20. The van der Waals surface area contributed by atoms with Crippen LogP contribution in [-0.4, -0.2) is 32.9 Å². The summed E-state index contributed by atoms with van der Waals surface area (Å²) in [6, 6.07) is 13.5. The lowest BCUT2D eigenvalue weighted by Gasteiger charge is -2.16. The van der Waals surface area contributed by atoms with E-state index in [0.29, 0.717) is 21.1 Å². The van der Waals surface area contributed by atoms with Gasteiger partial charge in [-0.3, -0.25) is 4.90 Å². The number of carbonyl (C=O) groups is 1. The van der Waals surface area contributed by atoms with Gasteiger partial charge in [0.05, 0.1) is 10.7 Å².